The summed E-state index contributed by atoms with van der Waals surface area (Å²) >= 11 is 0. The van der Waals surface area contributed by atoms with Crippen LogP contribution in [0.25, 0.3) is 0 Å². The molecule has 4 rings (SSSR count). The molecule has 0 heterocycles. The summed E-state index contributed by atoms with van der Waals surface area (Å²) in [6.07, 6.45) is 20.2. The molecule has 0 spiro atoms. The van der Waals surface area contributed by atoms with Crippen molar-refractivity contribution in [3.05, 3.63) is 35.6 Å². The van der Waals surface area contributed by atoms with E-state index in [4.69, 9.17) is 0 Å². The van der Waals surface area contributed by atoms with Crippen molar-refractivity contribution in [1.29, 1.82) is 0 Å². The highest BCUT2D eigenvalue weighted by Crippen LogP contribution is 2.68. The molecule has 0 aliphatic heterocycles. The van der Waals surface area contributed by atoms with Crippen LogP contribution in [0.4, 0.5) is 0 Å². The lowest BCUT2D eigenvalue weighted by molar-refractivity contribution is -0.112. The summed E-state index contributed by atoms with van der Waals surface area (Å²) in [5.74, 6) is 5.75. The Hall–Kier alpha value is -0.980. The molecular formula is C30H48O. The zero-order valence-corrected chi connectivity index (χ0v) is 21.1. The highest BCUT2D eigenvalue weighted by molar-refractivity contribution is 5.38. The summed E-state index contributed by atoms with van der Waals surface area (Å²) in [6.45, 7) is 15.9. The summed E-state index contributed by atoms with van der Waals surface area (Å²) in [5.41, 5.74) is 3.15. The maximum Gasteiger partial charge on any atom is 0.0929 e. The molecule has 4 aliphatic rings. The molecule has 0 radical (unpaired) electrons. The maximum atomic E-state index is 9.95. The normalized spacial score (nSPS) is 44.2. The van der Waals surface area contributed by atoms with E-state index in [9.17, 15) is 5.11 Å². The van der Waals surface area contributed by atoms with Crippen molar-refractivity contribution < 1.29 is 5.11 Å². The number of fused-ring (bicyclic) bond motifs is 5. The van der Waals surface area contributed by atoms with E-state index in [0.29, 0.717) is 22.5 Å². The Balaban J connectivity index is 1.49. The number of aliphatic hydroxyl groups is 1. The molecule has 31 heavy (non-hydrogen) atoms. The van der Waals surface area contributed by atoms with Gasteiger partial charge in [0, 0.05) is 0 Å². The third kappa shape index (κ3) is 3.87. The molecule has 0 bridgehead atoms. The Kier molecular flexibility index (Phi) is 6.55. The molecule has 0 aromatic carbocycles. The van der Waals surface area contributed by atoms with Gasteiger partial charge in [-0.1, -0.05) is 59.3 Å². The summed E-state index contributed by atoms with van der Waals surface area (Å²) in [6, 6.07) is 0. The van der Waals surface area contributed by atoms with E-state index in [1.807, 2.05) is 0 Å². The van der Waals surface area contributed by atoms with Crippen molar-refractivity contribution in [1.82, 2.24) is 0 Å². The van der Waals surface area contributed by atoms with Crippen molar-refractivity contribution in [3.63, 3.8) is 0 Å². The largest absolute Gasteiger partial charge is 0.512 e. The van der Waals surface area contributed by atoms with Crippen LogP contribution in [-0.4, -0.2) is 5.11 Å². The van der Waals surface area contributed by atoms with Gasteiger partial charge in [0.1, 0.15) is 0 Å². The van der Waals surface area contributed by atoms with E-state index >= 15 is 0 Å². The van der Waals surface area contributed by atoms with Gasteiger partial charge < -0.3 is 5.11 Å². The van der Waals surface area contributed by atoms with Gasteiger partial charge in [0.2, 0.25) is 0 Å². The van der Waals surface area contributed by atoms with Gasteiger partial charge in [-0.3, -0.25) is 0 Å². The summed E-state index contributed by atoms with van der Waals surface area (Å²) in [7, 11) is 0. The first-order valence-corrected chi connectivity index (χ1v) is 13.5. The predicted octanol–water partition coefficient (Wildman–Crippen LogP) is 9.03. The topological polar surface area (TPSA) is 20.2 Å². The van der Waals surface area contributed by atoms with Gasteiger partial charge in [0.15, 0.2) is 0 Å². The molecule has 0 aromatic heterocycles. The fourth-order valence-electron chi connectivity index (χ4n) is 9.42. The van der Waals surface area contributed by atoms with Crippen molar-refractivity contribution in [2.75, 3.05) is 0 Å². The molecule has 1 nitrogen and oxygen atoms in total. The molecule has 4 saturated carbocycles. The van der Waals surface area contributed by atoms with Gasteiger partial charge in [-0.2, -0.15) is 0 Å². The van der Waals surface area contributed by atoms with Gasteiger partial charge in [0.05, 0.1) is 5.76 Å². The lowest BCUT2D eigenvalue weighted by Crippen LogP contribution is -2.53. The quantitative estimate of drug-likeness (QED) is 0.345. The number of hydrogen-bond acceptors (Lipinski definition) is 1. The van der Waals surface area contributed by atoms with Crippen LogP contribution in [0, 0.1) is 46.3 Å². The molecule has 1 heteroatoms. The highest BCUT2D eigenvalue weighted by Gasteiger charge is 2.59. The van der Waals surface area contributed by atoms with Gasteiger partial charge in [-0.15, -0.1) is 0 Å². The molecule has 1 N–H and O–H groups in total. The Morgan fingerprint density at radius 3 is 2.45 bits per heavy atom. The van der Waals surface area contributed by atoms with Crippen LogP contribution >= 0.6 is 0 Å². The Bertz CT molecular complexity index is 740. The first-order chi connectivity index (χ1) is 14.7. The van der Waals surface area contributed by atoms with Crippen molar-refractivity contribution in [3.8, 4) is 0 Å². The van der Waals surface area contributed by atoms with Gasteiger partial charge >= 0.3 is 0 Å². The van der Waals surface area contributed by atoms with Crippen LogP contribution in [-0.2, 0) is 0 Å². The second-order valence-corrected chi connectivity index (χ2v) is 12.3. The fraction of sp³-hybridized carbons (Fsp3) is 0.800. The van der Waals surface area contributed by atoms with Gasteiger partial charge in [-0.25, -0.2) is 0 Å². The van der Waals surface area contributed by atoms with E-state index in [1.165, 1.54) is 64.2 Å². The zero-order chi connectivity index (χ0) is 22.4. The standard InChI is InChI=1S/C30H48O/c1-7-24(22(4)31)20(2)11-12-21(3)26-15-16-27-25-14-13-23-10-8-9-18-29(23,5)28(25)17-19-30(26,27)6/h11-12,21,23,25-28,31H,2,7-10,13-19H2,1,3-6H3/t21-,23?,25+,26-,27+,28+,29+,30-/m1/s1. The average Bonchev–Trinajstić information content (AvgIpc) is 3.09. The Labute approximate surface area is 192 Å². The summed E-state index contributed by atoms with van der Waals surface area (Å²) < 4.78 is 0. The second kappa shape index (κ2) is 8.75. The third-order valence-corrected chi connectivity index (χ3v) is 11.1. The van der Waals surface area contributed by atoms with Gasteiger partial charge in [0.25, 0.3) is 0 Å². The molecule has 4 fully saturated rings. The van der Waals surface area contributed by atoms with Crippen LogP contribution < -0.4 is 0 Å². The summed E-state index contributed by atoms with van der Waals surface area (Å²) in [5, 5.41) is 9.95. The first-order valence-electron chi connectivity index (χ1n) is 13.5. The molecular weight excluding hydrogens is 376 g/mol. The van der Waals surface area contributed by atoms with Crippen LogP contribution in [0.3, 0.4) is 0 Å². The molecule has 1 unspecified atom stereocenters. The summed E-state index contributed by atoms with van der Waals surface area (Å²) in [4.78, 5) is 0. The van der Waals surface area contributed by atoms with E-state index in [2.05, 4.69) is 46.4 Å². The van der Waals surface area contributed by atoms with Crippen LogP contribution in [0.2, 0.25) is 0 Å². The van der Waals surface area contributed by atoms with E-state index in [1.54, 1.807) is 6.92 Å². The smallest absolute Gasteiger partial charge is 0.0929 e. The molecule has 0 saturated heterocycles. The molecule has 0 amide bonds. The number of rotatable bonds is 5. The lowest BCUT2D eigenvalue weighted by atomic mass is 9.44. The molecule has 4 aliphatic carbocycles. The van der Waals surface area contributed by atoms with Crippen LogP contribution in [0.5, 0.6) is 0 Å². The van der Waals surface area contributed by atoms with E-state index in [-0.39, 0.29) is 0 Å². The maximum absolute atomic E-state index is 9.95. The molecule has 8 atom stereocenters. The van der Waals surface area contributed by atoms with Crippen molar-refractivity contribution in [2.45, 2.75) is 105 Å². The predicted molar refractivity (Wildman–Crippen MR) is 133 cm³/mol. The SMILES string of the molecule is C=C(C=C[C@@H](C)[C@H]1CC[C@H]2[C@@H]3CCC4CCCC[C@]4(C)[C@H]3CC[C@]12C)C(CC)=C(C)O. The third-order valence-electron chi connectivity index (χ3n) is 11.1. The van der Waals surface area contributed by atoms with Gasteiger partial charge in [-0.05, 0) is 122 Å². The second-order valence-electron chi connectivity index (χ2n) is 12.3. The number of allylic oxidation sites excluding steroid dienone is 5. The number of hydrogen-bond donors (Lipinski definition) is 1. The van der Waals surface area contributed by atoms with E-state index < -0.39 is 0 Å². The highest BCUT2D eigenvalue weighted by atomic mass is 16.3. The Morgan fingerprint density at radius 2 is 1.74 bits per heavy atom. The van der Waals surface area contributed by atoms with Crippen molar-refractivity contribution >= 4 is 0 Å². The minimum absolute atomic E-state index is 0.419. The fourth-order valence-corrected chi connectivity index (χ4v) is 9.42. The molecule has 0 aromatic rings. The van der Waals surface area contributed by atoms with Crippen molar-refractivity contribution in [2.24, 2.45) is 46.3 Å². The van der Waals surface area contributed by atoms with E-state index in [0.717, 1.165) is 47.2 Å². The minimum atomic E-state index is 0.419. The van der Waals surface area contributed by atoms with Crippen LogP contribution in [0.1, 0.15) is 105 Å². The lowest BCUT2D eigenvalue weighted by Gasteiger charge is -2.60. The monoisotopic (exact) mass is 424 g/mol. The van der Waals surface area contributed by atoms with Crippen LogP contribution in [0.15, 0.2) is 35.6 Å². The minimum Gasteiger partial charge on any atom is -0.512 e. The number of aliphatic hydroxyl groups excluding tert-OH is 1. The Morgan fingerprint density at radius 1 is 1.00 bits per heavy atom. The zero-order valence-electron chi connectivity index (χ0n) is 21.1. The molecule has 174 valence electrons. The average molecular weight is 425 g/mol. The first kappa shape index (κ1) is 23.2.